The minimum absolute atomic E-state index is 0. The normalized spacial score (nSPS) is 9.32. The van der Waals surface area contributed by atoms with Crippen molar-refractivity contribution in [2.75, 3.05) is 103 Å². The van der Waals surface area contributed by atoms with E-state index in [4.69, 9.17) is 114 Å². The van der Waals surface area contributed by atoms with E-state index in [1.54, 1.807) is 6.92 Å². The van der Waals surface area contributed by atoms with Gasteiger partial charge >= 0.3 is 151 Å². The molecule has 0 aromatic heterocycles. The number of nitrogens with zero attached hydrogens (tertiary/aromatic N) is 4. The summed E-state index contributed by atoms with van der Waals surface area (Å²) in [7, 11) is -1.51. The number of carboxylic acid groups (broad SMARTS) is 2. The van der Waals surface area contributed by atoms with E-state index in [9.17, 15) is 32.9 Å². The number of ketones is 1. The Hall–Kier alpha value is -2.35. The molecule has 2 aliphatic rings. The van der Waals surface area contributed by atoms with Gasteiger partial charge in [0, 0.05) is 86.2 Å². The summed E-state index contributed by atoms with van der Waals surface area (Å²) in [5.41, 5.74) is 32.1. The zero-order chi connectivity index (χ0) is 75.9. The molecule has 0 bridgehead atoms. The maximum Gasteiger partial charge on any atom is 1.00 e. The standard InChI is InChI=1S/C6H6BrNO4.C5H9N2O4P.C5H9NO.C5H6O2.C4H8BrNO.2C3H5N.C3H4.C2H5Cl.C2H3FO.2C2H7N.2C2H4O2.C2H4O.C2H.CH4N2S2.CH2O3.2K.Na.H/c7-3-6(11)12-8-4(9)1-2-5(8)10;1-4(8)5(7-6)12(9,10-2)11-3;1-2-4-7-5-3-6;1-2-6-3-5-4-7-5;1-2-6-4(7)3-5;2*1-2-3-4;1-3-2;1-2-3;1-2(3)4;2*1-2-3;2*1-2(3)4;1-2-3;1-2;4-2-1-3-5;2-1-4-3;;;;/h1-3H2;1-3H3;1H,3-6H2;1,5H,3-4H2;2-3H2,1H3,(H,6,7);2*1H,3-4H2;1H,2H3;2H2,1H3;1H3;2*2-3H2,1H3;2*1H3,(H,3,4);2H,1H3;1H;2,4H,1H2;1,3H;;;;/q;;;;;;;;;;;;;;;-1;;;3*+1;-1/p-1. The predicted octanol–water partition coefficient (Wildman–Crippen LogP) is -7.48. The van der Waals surface area contributed by atoms with E-state index in [0.717, 1.165) is 73.8 Å². The molecule has 0 spiro atoms. The third-order valence-corrected chi connectivity index (χ3v) is 7.69. The van der Waals surface area contributed by atoms with Crippen molar-refractivity contribution in [3.05, 3.63) is 12.0 Å². The van der Waals surface area contributed by atoms with Gasteiger partial charge in [-0.05, 0) is 33.9 Å². The van der Waals surface area contributed by atoms with Gasteiger partial charge in [0.15, 0.2) is 0 Å². The molecule has 0 radical (unpaired) electrons. The van der Waals surface area contributed by atoms with Crippen LogP contribution in [0.5, 0.6) is 0 Å². The summed E-state index contributed by atoms with van der Waals surface area (Å²) in [5.74, 6) is 5.85. The molecule has 3 amide bonds. The number of hydrogen-bond acceptors (Lipinski definition) is 28. The molecule has 2 aliphatic heterocycles. The van der Waals surface area contributed by atoms with E-state index in [1.165, 1.54) is 6.92 Å². The number of hydrogen-bond donors (Lipinski definition) is 10. The van der Waals surface area contributed by atoms with Crippen molar-refractivity contribution in [3.8, 4) is 68.3 Å². The first-order chi connectivity index (χ1) is 42.7. The van der Waals surface area contributed by atoms with Crippen molar-refractivity contribution in [2.45, 2.75) is 88.2 Å². The molecule has 1 unspecified atom stereocenters. The second-order valence-corrected chi connectivity index (χ2v) is 16.5. The maximum atomic E-state index is 11.4. The molecule has 2 rings (SSSR count). The zero-order valence-corrected chi connectivity index (χ0v) is 70.9. The Bertz CT molecular complexity index is 2030. The summed E-state index contributed by atoms with van der Waals surface area (Å²) < 4.78 is 50.4. The Kier molecular flexibility index (Phi) is 222. The summed E-state index contributed by atoms with van der Waals surface area (Å²) in [6.07, 6.45) is 35.9. The average molecular weight is 1620 g/mol. The summed E-state index contributed by atoms with van der Waals surface area (Å²) in [6.45, 7) is 20.8. The van der Waals surface area contributed by atoms with Crippen molar-refractivity contribution in [1.82, 2.24) is 15.1 Å². The Morgan fingerprint density at radius 3 is 1.38 bits per heavy atom. The van der Waals surface area contributed by atoms with Crippen molar-refractivity contribution in [3.63, 3.8) is 0 Å². The smallest absolute Gasteiger partial charge is 1.00 e. The van der Waals surface area contributed by atoms with Crippen LogP contribution in [0, 0.1) is 74.8 Å². The van der Waals surface area contributed by atoms with E-state index in [-0.39, 0.29) is 170 Å². The number of aliphatic carboxylic acids is 2. The molecule has 32 nitrogen and oxygen atoms in total. The summed E-state index contributed by atoms with van der Waals surface area (Å²) in [5, 5.41) is 26.8. The first kappa shape index (κ1) is 143. The van der Waals surface area contributed by atoms with Crippen LogP contribution in [0.3, 0.4) is 0 Å². The second-order valence-electron chi connectivity index (χ2n) is 12.1. The zero-order valence-electron chi connectivity index (χ0n) is 57.2. The van der Waals surface area contributed by atoms with Crippen LogP contribution in [0.15, 0.2) is 4.36 Å². The molecule has 530 valence electrons. The van der Waals surface area contributed by atoms with Crippen LogP contribution < -0.4 is 176 Å². The Morgan fingerprint density at radius 1 is 0.926 bits per heavy atom. The summed E-state index contributed by atoms with van der Waals surface area (Å²) in [4.78, 5) is 107. The molecule has 2 saturated heterocycles. The third kappa shape index (κ3) is 227. The fourth-order valence-electron chi connectivity index (χ4n) is 2.14. The van der Waals surface area contributed by atoms with Gasteiger partial charge in [0.2, 0.25) is 11.7 Å². The van der Waals surface area contributed by atoms with Crippen LogP contribution in [-0.2, 0) is 97.9 Å². The van der Waals surface area contributed by atoms with Crippen LogP contribution in [0.25, 0.3) is 5.53 Å². The van der Waals surface area contributed by atoms with Gasteiger partial charge in [-0.2, -0.15) is 9.18 Å². The maximum absolute atomic E-state index is 11.4. The number of Topliss-reactive ketones (excluding diaryl/α,β-unsaturated/α-hetero) is 1. The largest absolute Gasteiger partial charge is 1.00 e. The molecule has 1 atom stereocenters. The number of imide groups is 1. The van der Waals surface area contributed by atoms with Crippen LogP contribution in [0.2, 0.25) is 0 Å². The fraction of sp³-hybridized carbons (Fsp3) is 0.558. The van der Waals surface area contributed by atoms with E-state index in [0.29, 0.717) is 63.1 Å². The molecular formula is C52H93Br2ClFK2N11NaO21PS2. The number of alkyl halides is 3. The van der Waals surface area contributed by atoms with Gasteiger partial charge in [0.1, 0.15) is 43.7 Å². The molecule has 14 N–H and O–H groups in total. The van der Waals surface area contributed by atoms with Gasteiger partial charge in [-0.25, -0.2) is 18.4 Å². The van der Waals surface area contributed by atoms with Gasteiger partial charge in [0.05, 0.1) is 31.6 Å². The minimum Gasteiger partial charge on any atom is -1.00 e. The molecule has 2 heterocycles. The predicted molar refractivity (Wildman–Crippen MR) is 357 cm³/mol. The molecule has 42 heteroatoms. The van der Waals surface area contributed by atoms with Crippen molar-refractivity contribution < 1.29 is 244 Å². The van der Waals surface area contributed by atoms with Gasteiger partial charge in [-0.3, -0.25) is 38.4 Å². The number of nitrogens with two attached hydrogens (primary N) is 5. The number of ether oxygens (including phenoxy) is 3. The first-order valence-electron chi connectivity index (χ1n) is 24.3. The topological polar surface area (TPSA) is 525 Å². The Labute approximate surface area is 696 Å². The van der Waals surface area contributed by atoms with Crippen LogP contribution in [0.1, 0.15) is 83.5 Å². The van der Waals surface area contributed by atoms with Crippen molar-refractivity contribution in [2.24, 2.45) is 33.0 Å². The van der Waals surface area contributed by atoms with E-state index in [2.05, 4.69) is 155 Å². The molecule has 0 saturated carbocycles. The van der Waals surface area contributed by atoms with Crippen LogP contribution in [-0.4, -0.2) is 195 Å². The Morgan fingerprint density at radius 2 is 1.24 bits per heavy atom. The summed E-state index contributed by atoms with van der Waals surface area (Å²) >= 11 is 18.6. The number of terminal acetylenes is 6. The molecule has 94 heavy (non-hydrogen) atoms. The average Bonchev–Trinajstić information content (AvgIpc) is 1.22. The number of carbonyl (C=O) groups excluding carboxylic acids is 8. The van der Waals surface area contributed by atoms with Crippen LogP contribution >= 0.6 is 63.9 Å². The molecule has 0 aliphatic carbocycles. The van der Waals surface area contributed by atoms with E-state index in [1.807, 2.05) is 27.7 Å². The molecule has 0 aromatic carbocycles. The number of carboxylic acids is 2. The van der Waals surface area contributed by atoms with Crippen molar-refractivity contribution in [1.29, 1.82) is 0 Å². The SMILES string of the molecule is C#CC.C#CCN.C#CCN.C#CCOCCN.C#COCC1CO1.CC(=O)F.CC(=O)O.CC(=O)O.CC=O.CCCl.CCN.CCN.CCNC(=O)CBr.COP(=O)(OC)C(=[N+]=[N-])C(C)=O.O=C(CBr)ON1C(=O)CCC1=O.O=CO[O-].S=NCNS.[C-]#C.[H-].[K+].[K+].[Na+]. The Balaban J connectivity index is -0.0000000356. The summed E-state index contributed by atoms with van der Waals surface area (Å²) in [6, 6.07) is -1.33. The number of epoxide rings is 1. The number of halogens is 4. The monoisotopic (exact) mass is 1620 g/mol. The number of aldehydes is 1. The number of amides is 3. The quantitative estimate of drug-likeness (QED) is 0.00543. The fourth-order valence-corrected chi connectivity index (χ4v) is 3.66. The first-order valence-corrected chi connectivity index (χ1v) is 29.4. The van der Waals surface area contributed by atoms with Gasteiger partial charge < -0.3 is 107 Å². The van der Waals surface area contributed by atoms with E-state index >= 15 is 0 Å². The molecule has 0 aromatic rings. The molecular weight excluding hydrogens is 1530 g/mol. The number of rotatable bonds is 16. The number of hydroxylamine groups is 2. The molecule has 2 fully saturated rings. The van der Waals surface area contributed by atoms with Crippen LogP contribution in [0.4, 0.5) is 4.39 Å². The number of carbonyl (C=O) groups is 10. The van der Waals surface area contributed by atoms with Crippen molar-refractivity contribution >= 4 is 142 Å². The van der Waals surface area contributed by atoms with Gasteiger partial charge in [-0.1, -0.05) is 89.6 Å². The second kappa shape index (κ2) is 146. The van der Waals surface area contributed by atoms with E-state index < -0.39 is 54.6 Å². The number of nitrogens with one attached hydrogen (secondary N) is 2. The third-order valence-electron chi connectivity index (χ3n) is 4.57. The minimum atomic E-state index is -3.70. The van der Waals surface area contributed by atoms with Gasteiger partial charge in [0.25, 0.3) is 36.3 Å². The van der Waals surface area contributed by atoms with Gasteiger partial charge in [-0.15, -0.1) is 48.3 Å². The number of thiol groups is 1.